The number of amides is 1. The van der Waals surface area contributed by atoms with Gasteiger partial charge in [-0.1, -0.05) is 11.6 Å². The molecule has 21 heavy (non-hydrogen) atoms. The molecule has 1 unspecified atom stereocenters. The number of aromatic nitrogens is 1. The highest BCUT2D eigenvalue weighted by Gasteiger charge is 2.21. The van der Waals surface area contributed by atoms with Crippen molar-refractivity contribution in [3.63, 3.8) is 0 Å². The van der Waals surface area contributed by atoms with Gasteiger partial charge >= 0.3 is 0 Å². The summed E-state index contributed by atoms with van der Waals surface area (Å²) in [4.78, 5) is 26.6. The molecule has 6 heteroatoms. The highest BCUT2D eigenvalue weighted by atomic mass is 35.5. The van der Waals surface area contributed by atoms with Gasteiger partial charge in [-0.3, -0.25) is 9.59 Å². The van der Waals surface area contributed by atoms with Crippen LogP contribution in [0, 0.1) is 5.92 Å². The number of H-pyrrole nitrogens is 1. The Labute approximate surface area is 126 Å². The van der Waals surface area contributed by atoms with Gasteiger partial charge in [-0.25, -0.2) is 0 Å². The van der Waals surface area contributed by atoms with Crippen LogP contribution in [0.15, 0.2) is 29.2 Å². The molecule has 1 fully saturated rings. The number of hydrogen-bond acceptors (Lipinski definition) is 3. The van der Waals surface area contributed by atoms with Gasteiger partial charge in [0.2, 0.25) is 5.91 Å². The second-order valence-electron chi connectivity index (χ2n) is 5.26. The van der Waals surface area contributed by atoms with Crippen LogP contribution in [0.1, 0.15) is 12.8 Å². The zero-order valence-electron chi connectivity index (χ0n) is 11.4. The van der Waals surface area contributed by atoms with E-state index in [2.05, 4.69) is 15.6 Å². The summed E-state index contributed by atoms with van der Waals surface area (Å²) in [7, 11) is 0. The maximum Gasteiger partial charge on any atom is 0.255 e. The van der Waals surface area contributed by atoms with Gasteiger partial charge in [0.1, 0.15) is 0 Å². The average Bonchev–Trinajstić information content (AvgIpc) is 2.50. The highest BCUT2D eigenvalue weighted by molar-refractivity contribution is 6.34. The molecule has 1 aromatic heterocycles. The summed E-state index contributed by atoms with van der Waals surface area (Å²) in [5.41, 5.74) is 0.356. The minimum Gasteiger partial charge on any atom is -0.329 e. The smallest absolute Gasteiger partial charge is 0.255 e. The quantitative estimate of drug-likeness (QED) is 0.795. The van der Waals surface area contributed by atoms with Crippen molar-refractivity contribution < 1.29 is 4.79 Å². The molecule has 1 atom stereocenters. The van der Waals surface area contributed by atoms with Crippen LogP contribution in [0.3, 0.4) is 0 Å². The van der Waals surface area contributed by atoms with Crippen molar-refractivity contribution in [1.82, 2.24) is 10.3 Å². The van der Waals surface area contributed by atoms with Crippen molar-refractivity contribution in [3.8, 4) is 0 Å². The number of carbonyl (C=O) groups is 1. The van der Waals surface area contributed by atoms with Crippen molar-refractivity contribution >= 4 is 34.0 Å². The number of benzene rings is 1. The monoisotopic (exact) mass is 305 g/mol. The molecule has 1 aliphatic rings. The summed E-state index contributed by atoms with van der Waals surface area (Å²) in [6.07, 6.45) is 3.46. The molecule has 2 heterocycles. The lowest BCUT2D eigenvalue weighted by atomic mass is 9.98. The molecule has 0 bridgehead atoms. The van der Waals surface area contributed by atoms with Crippen molar-refractivity contribution in [2.24, 2.45) is 5.92 Å². The van der Waals surface area contributed by atoms with Gasteiger partial charge in [0.15, 0.2) is 0 Å². The fraction of sp³-hybridized carbons (Fsp3) is 0.333. The van der Waals surface area contributed by atoms with E-state index in [4.69, 9.17) is 11.6 Å². The molecule has 1 aromatic carbocycles. The second-order valence-corrected chi connectivity index (χ2v) is 5.67. The zero-order valence-corrected chi connectivity index (χ0v) is 12.2. The average molecular weight is 306 g/mol. The molecule has 1 saturated heterocycles. The third-order valence-corrected chi connectivity index (χ3v) is 4.10. The molecule has 3 rings (SSSR count). The molecule has 2 aromatic rings. The molecular formula is C15H16ClN3O2. The Hall–Kier alpha value is -1.85. The standard InChI is InChI=1S/C15H16ClN3O2/c16-12-7-11-9(3-5-18-15(11)21)6-13(12)19-14(20)10-2-1-4-17-8-10/h3,5-7,10,17H,1-2,4,8H2,(H,18,21)(H,19,20). The first-order valence-corrected chi connectivity index (χ1v) is 7.35. The van der Waals surface area contributed by atoms with E-state index in [9.17, 15) is 9.59 Å². The van der Waals surface area contributed by atoms with Crippen molar-refractivity contribution in [2.45, 2.75) is 12.8 Å². The van der Waals surface area contributed by atoms with Crippen LogP contribution in [0.25, 0.3) is 10.8 Å². The Morgan fingerprint density at radius 1 is 1.38 bits per heavy atom. The molecule has 110 valence electrons. The summed E-state index contributed by atoms with van der Waals surface area (Å²) < 4.78 is 0. The molecule has 0 radical (unpaired) electrons. The third kappa shape index (κ3) is 2.94. The van der Waals surface area contributed by atoms with Crippen LogP contribution >= 0.6 is 11.6 Å². The van der Waals surface area contributed by atoms with E-state index in [0.717, 1.165) is 24.8 Å². The van der Waals surface area contributed by atoms with Crippen LogP contribution in [0.5, 0.6) is 0 Å². The van der Waals surface area contributed by atoms with Crippen LogP contribution in [0.4, 0.5) is 5.69 Å². The molecule has 5 nitrogen and oxygen atoms in total. The Morgan fingerprint density at radius 3 is 3.00 bits per heavy atom. The van der Waals surface area contributed by atoms with Crippen LogP contribution in [-0.4, -0.2) is 24.0 Å². The Balaban J connectivity index is 1.88. The maximum absolute atomic E-state index is 12.2. The SMILES string of the molecule is O=C(Nc1cc2cc[nH]c(=O)c2cc1Cl)C1CCCNC1. The summed E-state index contributed by atoms with van der Waals surface area (Å²) in [5.74, 6) is -0.0713. The lowest BCUT2D eigenvalue weighted by Gasteiger charge is -2.22. The lowest BCUT2D eigenvalue weighted by Crippen LogP contribution is -2.37. The highest BCUT2D eigenvalue weighted by Crippen LogP contribution is 2.27. The predicted octanol–water partition coefficient (Wildman–Crippen LogP) is 2.12. The van der Waals surface area contributed by atoms with Gasteiger partial charge < -0.3 is 15.6 Å². The molecule has 3 N–H and O–H groups in total. The van der Waals surface area contributed by atoms with E-state index >= 15 is 0 Å². The number of carbonyl (C=O) groups excluding carboxylic acids is 1. The van der Waals surface area contributed by atoms with Gasteiger partial charge in [0.05, 0.1) is 16.6 Å². The fourth-order valence-electron chi connectivity index (χ4n) is 2.62. The first-order valence-electron chi connectivity index (χ1n) is 6.97. The topological polar surface area (TPSA) is 74.0 Å². The van der Waals surface area contributed by atoms with E-state index in [1.807, 2.05) is 0 Å². The van der Waals surface area contributed by atoms with E-state index in [1.54, 1.807) is 24.4 Å². The second kappa shape index (κ2) is 5.87. The number of piperidine rings is 1. The van der Waals surface area contributed by atoms with E-state index in [0.29, 0.717) is 22.6 Å². The summed E-state index contributed by atoms with van der Waals surface area (Å²) in [6, 6.07) is 5.11. The fourth-order valence-corrected chi connectivity index (χ4v) is 2.83. The lowest BCUT2D eigenvalue weighted by molar-refractivity contribution is -0.120. The molecule has 1 aliphatic heterocycles. The van der Waals surface area contributed by atoms with Crippen molar-refractivity contribution in [3.05, 3.63) is 39.8 Å². The molecule has 1 amide bonds. The normalized spacial score (nSPS) is 18.6. The number of rotatable bonds is 2. The van der Waals surface area contributed by atoms with Crippen LogP contribution in [0.2, 0.25) is 5.02 Å². The summed E-state index contributed by atoms with van der Waals surface area (Å²) in [6.45, 7) is 1.65. The first kappa shape index (κ1) is 14.1. The Kier molecular flexibility index (Phi) is 3.94. The number of anilines is 1. The molecule has 0 spiro atoms. The zero-order chi connectivity index (χ0) is 14.8. The van der Waals surface area contributed by atoms with Gasteiger partial charge in [0.25, 0.3) is 5.56 Å². The van der Waals surface area contributed by atoms with Crippen LogP contribution < -0.4 is 16.2 Å². The third-order valence-electron chi connectivity index (χ3n) is 3.79. The van der Waals surface area contributed by atoms with Gasteiger partial charge in [-0.15, -0.1) is 0 Å². The Morgan fingerprint density at radius 2 is 2.24 bits per heavy atom. The van der Waals surface area contributed by atoms with Crippen LogP contribution in [-0.2, 0) is 4.79 Å². The molecular weight excluding hydrogens is 290 g/mol. The molecule has 0 aliphatic carbocycles. The summed E-state index contributed by atoms with van der Waals surface area (Å²) >= 11 is 6.18. The van der Waals surface area contributed by atoms with E-state index in [1.165, 1.54) is 0 Å². The number of fused-ring (bicyclic) bond motifs is 1. The number of nitrogens with one attached hydrogen (secondary N) is 3. The number of halogens is 1. The van der Waals surface area contributed by atoms with E-state index in [-0.39, 0.29) is 17.4 Å². The number of pyridine rings is 1. The number of aromatic amines is 1. The van der Waals surface area contributed by atoms with Crippen molar-refractivity contribution in [2.75, 3.05) is 18.4 Å². The van der Waals surface area contributed by atoms with Gasteiger partial charge in [-0.2, -0.15) is 0 Å². The Bertz CT molecular complexity index is 735. The minimum absolute atomic E-state index is 0.0340. The predicted molar refractivity (Wildman–Crippen MR) is 83.8 cm³/mol. The van der Waals surface area contributed by atoms with E-state index < -0.39 is 0 Å². The largest absolute Gasteiger partial charge is 0.329 e. The maximum atomic E-state index is 12.2. The molecule has 0 saturated carbocycles. The van der Waals surface area contributed by atoms with Crippen molar-refractivity contribution in [1.29, 1.82) is 0 Å². The summed E-state index contributed by atoms with van der Waals surface area (Å²) in [5, 5.41) is 7.72. The minimum atomic E-state index is -0.191. The number of hydrogen-bond donors (Lipinski definition) is 3. The first-order chi connectivity index (χ1) is 10.1. The van der Waals surface area contributed by atoms with Gasteiger partial charge in [0, 0.05) is 18.1 Å². The van der Waals surface area contributed by atoms with Gasteiger partial charge in [-0.05, 0) is 43.0 Å².